The summed E-state index contributed by atoms with van der Waals surface area (Å²) in [5.41, 5.74) is 3.82. The Morgan fingerprint density at radius 2 is 2.07 bits per heavy atom. The summed E-state index contributed by atoms with van der Waals surface area (Å²) in [4.78, 5) is 11.0. The SMILES string of the molecule is O=C1OCC/C1=N/Nc1ccc(O)cc1. The van der Waals surface area contributed by atoms with Gasteiger partial charge in [0.1, 0.15) is 11.5 Å². The summed E-state index contributed by atoms with van der Waals surface area (Å²) < 4.78 is 4.72. The second-order valence-corrected chi connectivity index (χ2v) is 3.10. The fourth-order valence-electron chi connectivity index (χ4n) is 1.20. The lowest BCUT2D eigenvalue weighted by Crippen LogP contribution is -2.08. The Balaban J connectivity index is 2.03. The number of ether oxygens (including phenoxy) is 1. The van der Waals surface area contributed by atoms with Crippen molar-refractivity contribution >= 4 is 17.4 Å². The van der Waals surface area contributed by atoms with Crippen molar-refractivity contribution in [1.82, 2.24) is 0 Å². The van der Waals surface area contributed by atoms with Crippen LogP contribution >= 0.6 is 0 Å². The predicted molar refractivity (Wildman–Crippen MR) is 54.7 cm³/mol. The Morgan fingerprint density at radius 1 is 1.33 bits per heavy atom. The van der Waals surface area contributed by atoms with Gasteiger partial charge in [-0.15, -0.1) is 0 Å². The van der Waals surface area contributed by atoms with Gasteiger partial charge < -0.3 is 9.84 Å². The summed E-state index contributed by atoms with van der Waals surface area (Å²) in [6.07, 6.45) is 0.532. The standard InChI is InChI=1S/C10H10N2O3/c13-8-3-1-7(2-4-8)11-12-9-5-6-15-10(9)14/h1-4,11,13H,5-6H2/b12-9-. The highest BCUT2D eigenvalue weighted by Gasteiger charge is 2.20. The van der Waals surface area contributed by atoms with Gasteiger partial charge in [-0.2, -0.15) is 5.10 Å². The molecule has 15 heavy (non-hydrogen) atoms. The monoisotopic (exact) mass is 206 g/mol. The molecule has 0 saturated carbocycles. The highest BCUT2D eigenvalue weighted by atomic mass is 16.5. The lowest BCUT2D eigenvalue weighted by atomic mass is 10.3. The number of phenolic OH excluding ortho intramolecular Hbond substituents is 1. The summed E-state index contributed by atoms with van der Waals surface area (Å²) in [6, 6.07) is 6.41. The van der Waals surface area contributed by atoms with E-state index >= 15 is 0 Å². The van der Waals surface area contributed by atoms with E-state index in [0.29, 0.717) is 24.4 Å². The Bertz CT molecular complexity index is 398. The lowest BCUT2D eigenvalue weighted by Gasteiger charge is -2.00. The number of hydrogen-bond donors (Lipinski definition) is 2. The van der Waals surface area contributed by atoms with E-state index < -0.39 is 0 Å². The fraction of sp³-hybridized carbons (Fsp3) is 0.200. The number of nitrogens with zero attached hydrogens (tertiary/aromatic N) is 1. The van der Waals surface area contributed by atoms with Crippen LogP contribution in [0.4, 0.5) is 5.69 Å². The molecule has 5 heteroatoms. The first-order valence-corrected chi connectivity index (χ1v) is 4.54. The largest absolute Gasteiger partial charge is 0.508 e. The maximum atomic E-state index is 11.0. The molecule has 1 heterocycles. The summed E-state index contributed by atoms with van der Waals surface area (Å²) in [6.45, 7) is 0.398. The van der Waals surface area contributed by atoms with E-state index in [1.807, 2.05) is 0 Å². The van der Waals surface area contributed by atoms with Crippen molar-refractivity contribution in [2.75, 3.05) is 12.0 Å². The van der Waals surface area contributed by atoms with Crippen LogP contribution in [0.1, 0.15) is 6.42 Å². The minimum atomic E-state index is -0.374. The van der Waals surface area contributed by atoms with E-state index in [4.69, 9.17) is 9.84 Å². The van der Waals surface area contributed by atoms with Crippen molar-refractivity contribution in [2.45, 2.75) is 6.42 Å². The molecular formula is C10H10N2O3. The molecule has 0 radical (unpaired) electrons. The molecule has 2 N–H and O–H groups in total. The van der Waals surface area contributed by atoms with Crippen LogP contribution in [0.15, 0.2) is 29.4 Å². The summed E-state index contributed by atoms with van der Waals surface area (Å²) in [7, 11) is 0. The van der Waals surface area contributed by atoms with Gasteiger partial charge in [0.25, 0.3) is 0 Å². The highest BCUT2D eigenvalue weighted by molar-refractivity contribution is 6.38. The van der Waals surface area contributed by atoms with E-state index in [9.17, 15) is 4.79 Å². The number of benzene rings is 1. The third-order valence-corrected chi connectivity index (χ3v) is 1.99. The zero-order chi connectivity index (χ0) is 10.7. The Kier molecular flexibility index (Phi) is 2.53. The van der Waals surface area contributed by atoms with Crippen LogP contribution < -0.4 is 5.43 Å². The molecule has 0 spiro atoms. The molecule has 0 unspecified atom stereocenters. The lowest BCUT2D eigenvalue weighted by molar-refractivity contribution is -0.132. The quantitative estimate of drug-likeness (QED) is 0.432. The van der Waals surface area contributed by atoms with E-state index in [-0.39, 0.29) is 11.7 Å². The minimum Gasteiger partial charge on any atom is -0.508 e. The van der Waals surface area contributed by atoms with Crippen LogP contribution in [0.5, 0.6) is 5.75 Å². The Morgan fingerprint density at radius 3 is 2.67 bits per heavy atom. The number of anilines is 1. The number of hydrazone groups is 1. The van der Waals surface area contributed by atoms with Gasteiger partial charge in [-0.1, -0.05) is 0 Å². The van der Waals surface area contributed by atoms with Gasteiger partial charge in [-0.05, 0) is 24.3 Å². The molecule has 1 aliphatic heterocycles. The van der Waals surface area contributed by atoms with Crippen LogP contribution in [-0.4, -0.2) is 23.4 Å². The van der Waals surface area contributed by atoms with E-state index in [1.165, 1.54) is 12.1 Å². The van der Waals surface area contributed by atoms with Crippen molar-refractivity contribution in [3.8, 4) is 5.75 Å². The number of carbonyl (C=O) groups excluding carboxylic acids is 1. The third-order valence-electron chi connectivity index (χ3n) is 1.99. The minimum absolute atomic E-state index is 0.188. The van der Waals surface area contributed by atoms with Crippen molar-refractivity contribution < 1.29 is 14.6 Å². The van der Waals surface area contributed by atoms with Gasteiger partial charge in [0.05, 0.1) is 12.3 Å². The molecule has 5 nitrogen and oxygen atoms in total. The van der Waals surface area contributed by atoms with Crippen molar-refractivity contribution in [2.24, 2.45) is 5.10 Å². The van der Waals surface area contributed by atoms with Gasteiger partial charge in [0, 0.05) is 6.42 Å². The summed E-state index contributed by atoms with van der Waals surface area (Å²) in [5.74, 6) is -0.185. The molecule has 1 aromatic carbocycles. The predicted octanol–water partition coefficient (Wildman–Crippen LogP) is 1.11. The molecular weight excluding hydrogens is 196 g/mol. The first-order chi connectivity index (χ1) is 7.25. The zero-order valence-corrected chi connectivity index (χ0v) is 7.93. The normalized spacial score (nSPS) is 17.9. The van der Waals surface area contributed by atoms with Gasteiger partial charge in [0.2, 0.25) is 0 Å². The van der Waals surface area contributed by atoms with Crippen LogP contribution in [0, 0.1) is 0 Å². The van der Waals surface area contributed by atoms with Gasteiger partial charge >= 0.3 is 5.97 Å². The Labute approximate surface area is 86.4 Å². The average Bonchev–Trinajstić information content (AvgIpc) is 2.63. The number of cyclic esters (lactones) is 1. The molecule has 0 bridgehead atoms. The topological polar surface area (TPSA) is 70.9 Å². The first kappa shape index (κ1) is 9.51. The van der Waals surface area contributed by atoms with Gasteiger partial charge in [0.15, 0.2) is 0 Å². The molecule has 0 aliphatic carbocycles. The van der Waals surface area contributed by atoms with E-state index in [0.717, 1.165) is 0 Å². The first-order valence-electron chi connectivity index (χ1n) is 4.54. The second-order valence-electron chi connectivity index (χ2n) is 3.10. The number of aromatic hydroxyl groups is 1. The van der Waals surface area contributed by atoms with Crippen LogP contribution in [0.2, 0.25) is 0 Å². The second kappa shape index (κ2) is 4.00. The maximum absolute atomic E-state index is 11.0. The fourth-order valence-corrected chi connectivity index (χ4v) is 1.20. The summed E-state index contributed by atoms with van der Waals surface area (Å²) >= 11 is 0. The summed E-state index contributed by atoms with van der Waals surface area (Å²) in [5, 5.41) is 13.0. The zero-order valence-electron chi connectivity index (χ0n) is 7.93. The van der Waals surface area contributed by atoms with Crippen molar-refractivity contribution in [1.29, 1.82) is 0 Å². The molecule has 78 valence electrons. The molecule has 0 aromatic heterocycles. The highest BCUT2D eigenvalue weighted by Crippen LogP contribution is 2.14. The molecule has 1 saturated heterocycles. The van der Waals surface area contributed by atoms with Crippen LogP contribution in [0.25, 0.3) is 0 Å². The number of esters is 1. The molecule has 2 rings (SSSR count). The van der Waals surface area contributed by atoms with Gasteiger partial charge in [-0.3, -0.25) is 5.43 Å². The number of nitrogens with one attached hydrogen (secondary N) is 1. The van der Waals surface area contributed by atoms with Crippen molar-refractivity contribution in [3.05, 3.63) is 24.3 Å². The van der Waals surface area contributed by atoms with Crippen LogP contribution in [-0.2, 0) is 9.53 Å². The molecule has 1 fully saturated rings. The number of carbonyl (C=O) groups is 1. The average molecular weight is 206 g/mol. The number of rotatable bonds is 2. The van der Waals surface area contributed by atoms with Crippen molar-refractivity contribution in [3.63, 3.8) is 0 Å². The number of hydrogen-bond acceptors (Lipinski definition) is 5. The smallest absolute Gasteiger partial charge is 0.354 e. The van der Waals surface area contributed by atoms with Gasteiger partial charge in [-0.25, -0.2) is 4.79 Å². The number of phenols is 1. The van der Waals surface area contributed by atoms with Crippen LogP contribution in [0.3, 0.4) is 0 Å². The molecule has 1 aromatic rings. The third kappa shape index (κ3) is 2.25. The van der Waals surface area contributed by atoms with E-state index in [2.05, 4.69) is 10.5 Å². The van der Waals surface area contributed by atoms with E-state index in [1.54, 1.807) is 12.1 Å². The Hall–Kier alpha value is -2.04. The molecule has 0 amide bonds. The molecule has 0 atom stereocenters. The maximum Gasteiger partial charge on any atom is 0.354 e. The molecule has 1 aliphatic rings.